The van der Waals surface area contributed by atoms with Gasteiger partial charge in [-0.25, -0.2) is 0 Å². The first-order valence-electron chi connectivity index (χ1n) is 31.6. The first-order valence-corrected chi connectivity index (χ1v) is 31.6. The van der Waals surface area contributed by atoms with E-state index in [0.29, 0.717) is 0 Å². The maximum absolute atomic E-state index is 2.87. The maximum atomic E-state index is 2.87. The van der Waals surface area contributed by atoms with Crippen LogP contribution in [-0.2, 0) is 43.3 Å². The highest BCUT2D eigenvalue weighted by Gasteiger charge is 2.59. The van der Waals surface area contributed by atoms with Crippen LogP contribution in [0.25, 0.3) is 11.1 Å². The first-order chi connectivity index (χ1) is 38.1. The highest BCUT2D eigenvalue weighted by molar-refractivity contribution is 7.00. The van der Waals surface area contributed by atoms with Gasteiger partial charge in [0.15, 0.2) is 0 Å². The normalized spacial score (nSPS) is 25.2. The predicted octanol–water partition coefficient (Wildman–Crippen LogP) is 18.9. The molecule has 5 aliphatic carbocycles. The Balaban J connectivity index is 1.13. The second kappa shape index (κ2) is 16.2. The smallest absolute Gasteiger partial charge is 0.252 e. The van der Waals surface area contributed by atoms with E-state index in [0.717, 1.165) is 6.42 Å². The average Bonchev–Trinajstić information content (AvgIpc) is 4.04. The molecule has 81 heavy (non-hydrogen) atoms. The number of fused-ring (bicyclic) bond motifs is 13. The molecule has 0 aromatic heterocycles. The summed E-state index contributed by atoms with van der Waals surface area (Å²) in [6.45, 7) is 40.5. The number of nitrogens with zero attached hydrogens (tertiary/aromatic N) is 3. The monoisotopic (exact) mass is 1070 g/mol. The van der Waals surface area contributed by atoms with E-state index < -0.39 is 0 Å². The molecule has 15 rings (SSSR count). The minimum atomic E-state index is -0.238. The number of rotatable bonds is 3. The van der Waals surface area contributed by atoms with Crippen molar-refractivity contribution in [2.24, 2.45) is 0 Å². The molecule has 3 heterocycles. The van der Waals surface area contributed by atoms with Crippen molar-refractivity contribution in [3.8, 4) is 11.1 Å². The van der Waals surface area contributed by atoms with Crippen LogP contribution in [0.2, 0.25) is 0 Å². The molecule has 2 unspecified atom stereocenters. The molecule has 0 radical (unpaired) electrons. The van der Waals surface area contributed by atoms with Gasteiger partial charge in [-0.1, -0.05) is 189 Å². The van der Waals surface area contributed by atoms with Crippen molar-refractivity contribution < 1.29 is 0 Å². The lowest BCUT2D eigenvalue weighted by molar-refractivity contribution is 0.195. The highest BCUT2D eigenvalue weighted by atomic mass is 15.3. The standard InChI is InChI=1S/C77H88BN3/c1-69(2)34-35-70(3,4)54-40-47(30-31-52(54)69)79-63-45-57-55(71(5,6)36-38-73(57,9)10)43-59(63)78-60-44-56-58(74(11,12)39-37-72(56,7)8)46-64(60)80(62-29-23-25-50-49-24-17-18-26-51(49)75(13,14)67(50)62)66-42-48(41-65(79)68(66)78)81-61-28-20-19-27-53(61)76(15)32-21-22-33-77(76,81)16/h17-20,23-31,40-46H,21-22,32-39H2,1-16H3. The lowest BCUT2D eigenvalue weighted by Crippen LogP contribution is -2.62. The molecular formula is C77H88BN3. The van der Waals surface area contributed by atoms with Crippen molar-refractivity contribution in [2.75, 3.05) is 14.7 Å². The largest absolute Gasteiger partial charge is 0.334 e. The van der Waals surface area contributed by atoms with E-state index in [9.17, 15) is 0 Å². The van der Waals surface area contributed by atoms with Gasteiger partial charge in [0.1, 0.15) is 0 Å². The van der Waals surface area contributed by atoms with Gasteiger partial charge in [-0.05, 0) is 217 Å². The molecule has 0 spiro atoms. The van der Waals surface area contributed by atoms with Crippen LogP contribution in [0.3, 0.4) is 0 Å². The molecule has 7 aromatic rings. The molecule has 2 atom stereocenters. The first kappa shape index (κ1) is 51.9. The minimum Gasteiger partial charge on any atom is -0.334 e. The number of benzene rings is 7. The second-order valence-corrected chi connectivity index (χ2v) is 32.0. The molecule has 3 nitrogen and oxygen atoms in total. The van der Waals surface area contributed by atoms with Crippen molar-refractivity contribution >= 4 is 68.6 Å². The van der Waals surface area contributed by atoms with Crippen LogP contribution in [0.15, 0.2) is 121 Å². The number of hydrogen-bond donors (Lipinski definition) is 0. The molecule has 1 fully saturated rings. The van der Waals surface area contributed by atoms with Crippen molar-refractivity contribution in [3.63, 3.8) is 0 Å². The quantitative estimate of drug-likeness (QED) is 0.163. The average molecular weight is 1070 g/mol. The van der Waals surface area contributed by atoms with Crippen LogP contribution in [-0.4, -0.2) is 12.3 Å². The van der Waals surface area contributed by atoms with Gasteiger partial charge in [-0.2, -0.15) is 0 Å². The molecule has 4 heteroatoms. The summed E-state index contributed by atoms with van der Waals surface area (Å²) in [4.78, 5) is 8.54. The lowest BCUT2D eigenvalue weighted by atomic mass is 9.32. The van der Waals surface area contributed by atoms with Gasteiger partial charge in [0.05, 0.1) is 11.2 Å². The zero-order chi connectivity index (χ0) is 56.7. The van der Waals surface area contributed by atoms with E-state index in [1.807, 2.05) is 0 Å². The van der Waals surface area contributed by atoms with Crippen LogP contribution in [0.1, 0.15) is 225 Å². The van der Waals surface area contributed by atoms with E-state index in [4.69, 9.17) is 0 Å². The summed E-state index contributed by atoms with van der Waals surface area (Å²) in [6, 6.07) is 50.3. The zero-order valence-corrected chi connectivity index (χ0v) is 52.0. The van der Waals surface area contributed by atoms with E-state index in [-0.39, 0.29) is 55.6 Å². The Morgan fingerprint density at radius 3 is 1.41 bits per heavy atom. The fraction of sp³-hybridized carbons (Fsp3) is 0.455. The van der Waals surface area contributed by atoms with Crippen LogP contribution in [0.5, 0.6) is 0 Å². The highest BCUT2D eigenvalue weighted by Crippen LogP contribution is 2.63. The maximum Gasteiger partial charge on any atom is 0.252 e. The third kappa shape index (κ3) is 6.77. The van der Waals surface area contributed by atoms with E-state index in [1.165, 1.54) is 181 Å². The third-order valence-electron chi connectivity index (χ3n) is 24.2. The Labute approximate surface area is 487 Å². The molecule has 0 amide bonds. The van der Waals surface area contributed by atoms with Crippen LogP contribution in [0, 0.1) is 0 Å². The fourth-order valence-corrected chi connectivity index (χ4v) is 18.6. The topological polar surface area (TPSA) is 9.72 Å². The SMILES string of the molecule is CC1(C)CCC(C)(C)c2cc(N3c4cc5c(cc4B4c6cc7c(cc6N(c6cccc8c6C(C)(C)c6ccccc6-8)c6cc(N8c9ccccc9C9(C)CCCCC89C)cc3c64)C(C)(C)CCC7(C)C)C(C)(C)CCC5(C)C)ccc21. The predicted molar refractivity (Wildman–Crippen MR) is 347 cm³/mol. The summed E-state index contributed by atoms with van der Waals surface area (Å²) >= 11 is 0. The van der Waals surface area contributed by atoms with Gasteiger partial charge in [-0.15, -0.1) is 0 Å². The molecule has 3 aliphatic heterocycles. The molecule has 0 bridgehead atoms. The Morgan fingerprint density at radius 2 is 0.802 bits per heavy atom. The number of para-hydroxylation sites is 1. The summed E-state index contributed by atoms with van der Waals surface area (Å²) in [7, 11) is 0. The van der Waals surface area contributed by atoms with Crippen molar-refractivity contribution in [3.05, 3.63) is 171 Å². The Morgan fingerprint density at radius 1 is 0.333 bits per heavy atom. The van der Waals surface area contributed by atoms with Gasteiger partial charge in [0, 0.05) is 50.6 Å². The van der Waals surface area contributed by atoms with Gasteiger partial charge in [0.25, 0.3) is 6.71 Å². The van der Waals surface area contributed by atoms with Gasteiger partial charge >= 0.3 is 0 Å². The Kier molecular flexibility index (Phi) is 10.4. The molecule has 1 saturated carbocycles. The summed E-state index contributed by atoms with van der Waals surface area (Å²) in [5.41, 5.74) is 31.0. The molecule has 0 saturated heterocycles. The minimum absolute atomic E-state index is 0.00207. The van der Waals surface area contributed by atoms with Crippen LogP contribution in [0.4, 0.5) is 45.5 Å². The second-order valence-electron chi connectivity index (χ2n) is 32.0. The summed E-state index contributed by atoms with van der Waals surface area (Å²) in [5.74, 6) is 0. The third-order valence-corrected chi connectivity index (χ3v) is 24.2. The van der Waals surface area contributed by atoms with Gasteiger partial charge in [0.2, 0.25) is 0 Å². The molecule has 414 valence electrons. The Bertz CT molecular complexity index is 3900. The zero-order valence-electron chi connectivity index (χ0n) is 52.0. The lowest BCUT2D eigenvalue weighted by Gasteiger charge is -2.52. The number of hydrogen-bond acceptors (Lipinski definition) is 3. The van der Waals surface area contributed by atoms with Crippen LogP contribution < -0.4 is 31.1 Å². The molecule has 8 aliphatic rings. The fourth-order valence-electron chi connectivity index (χ4n) is 18.6. The van der Waals surface area contributed by atoms with E-state index in [1.54, 1.807) is 0 Å². The summed E-state index contributed by atoms with van der Waals surface area (Å²) in [6.07, 6.45) is 11.9. The van der Waals surface area contributed by atoms with Crippen LogP contribution >= 0.6 is 0 Å². The Hall–Kier alpha value is -6.00. The molecule has 7 aromatic carbocycles. The molecule has 0 N–H and O–H groups in total. The van der Waals surface area contributed by atoms with Crippen molar-refractivity contribution in [1.82, 2.24) is 0 Å². The molecular weight excluding hydrogens is 978 g/mol. The summed E-state index contributed by atoms with van der Waals surface area (Å²) < 4.78 is 0. The van der Waals surface area contributed by atoms with Crippen molar-refractivity contribution in [1.29, 1.82) is 0 Å². The van der Waals surface area contributed by atoms with Gasteiger partial charge < -0.3 is 14.7 Å². The summed E-state index contributed by atoms with van der Waals surface area (Å²) in [5, 5.41) is 0. The van der Waals surface area contributed by atoms with E-state index >= 15 is 0 Å². The number of anilines is 8. The van der Waals surface area contributed by atoms with E-state index in [2.05, 4.69) is 247 Å². The van der Waals surface area contributed by atoms with Crippen molar-refractivity contribution in [2.45, 2.75) is 224 Å². The van der Waals surface area contributed by atoms with Gasteiger partial charge in [-0.3, -0.25) is 0 Å².